The van der Waals surface area contributed by atoms with E-state index in [9.17, 15) is 0 Å². The predicted molar refractivity (Wildman–Crippen MR) is 52.8 cm³/mol. The molecule has 1 aromatic carbocycles. The zero-order chi connectivity index (χ0) is 8.77. The number of alkyl halides is 1. The van der Waals surface area contributed by atoms with E-state index in [0.717, 1.165) is 5.75 Å². The van der Waals surface area contributed by atoms with Crippen molar-refractivity contribution >= 4 is 15.9 Å². The molecule has 1 heterocycles. The van der Waals surface area contributed by atoms with E-state index in [-0.39, 0.29) is 5.60 Å². The Morgan fingerprint density at radius 1 is 1.33 bits per heavy atom. The molecule has 0 N–H and O–H groups in total. The van der Waals surface area contributed by atoms with Gasteiger partial charge in [-0.3, -0.25) is 0 Å². The molecule has 0 fully saturated rings. The summed E-state index contributed by atoms with van der Waals surface area (Å²) in [7, 11) is 0. The summed E-state index contributed by atoms with van der Waals surface area (Å²) < 4.78 is 5.76. The van der Waals surface area contributed by atoms with Gasteiger partial charge in [-0.2, -0.15) is 0 Å². The Morgan fingerprint density at radius 2 is 2.00 bits per heavy atom. The maximum absolute atomic E-state index is 5.76. The molecule has 1 atom stereocenters. The number of ether oxygens (including phenoxy) is 1. The summed E-state index contributed by atoms with van der Waals surface area (Å²) >= 11 is 3.63. The smallest absolute Gasteiger partial charge is 0.124 e. The first-order valence-corrected chi connectivity index (χ1v) is 4.95. The maximum Gasteiger partial charge on any atom is 0.124 e. The lowest BCUT2D eigenvalue weighted by molar-refractivity contribution is 0.137. The molecule has 0 aliphatic carbocycles. The van der Waals surface area contributed by atoms with E-state index in [2.05, 4.69) is 35.8 Å². The van der Waals surface area contributed by atoms with Crippen LogP contribution in [0.25, 0.3) is 0 Å². The van der Waals surface area contributed by atoms with E-state index < -0.39 is 0 Å². The minimum Gasteiger partial charge on any atom is -0.486 e. The molecule has 64 valence electrons. The average Bonchev–Trinajstić information content (AvgIpc) is 2.24. The van der Waals surface area contributed by atoms with Crippen molar-refractivity contribution in [2.45, 2.75) is 24.3 Å². The van der Waals surface area contributed by atoms with Crippen LogP contribution in [0.3, 0.4) is 0 Å². The molecule has 1 aliphatic heterocycles. The van der Waals surface area contributed by atoms with E-state index in [1.807, 2.05) is 18.2 Å². The third kappa shape index (κ3) is 1.06. The van der Waals surface area contributed by atoms with Crippen molar-refractivity contribution in [1.82, 2.24) is 0 Å². The van der Waals surface area contributed by atoms with Crippen LogP contribution in [-0.2, 0) is 0 Å². The molecule has 0 saturated carbocycles. The second-order valence-electron chi connectivity index (χ2n) is 3.61. The minimum atomic E-state index is -0.121. The highest BCUT2D eigenvalue weighted by Gasteiger charge is 2.38. The highest BCUT2D eigenvalue weighted by Crippen LogP contribution is 2.47. The molecule has 1 unspecified atom stereocenters. The Bertz CT molecular complexity index is 306. The molecule has 12 heavy (non-hydrogen) atoms. The lowest BCUT2D eigenvalue weighted by atomic mass is 10.0. The topological polar surface area (TPSA) is 9.23 Å². The van der Waals surface area contributed by atoms with Crippen LogP contribution in [0.1, 0.15) is 24.2 Å². The largest absolute Gasteiger partial charge is 0.486 e. The van der Waals surface area contributed by atoms with Gasteiger partial charge in [-0.15, -0.1) is 0 Å². The van der Waals surface area contributed by atoms with E-state index in [0.29, 0.717) is 4.83 Å². The summed E-state index contributed by atoms with van der Waals surface area (Å²) in [6, 6.07) is 8.15. The van der Waals surface area contributed by atoms with Crippen LogP contribution in [0.5, 0.6) is 5.75 Å². The Kier molecular flexibility index (Phi) is 1.69. The lowest BCUT2D eigenvalue weighted by Crippen LogP contribution is -2.26. The molecule has 1 aliphatic rings. The quantitative estimate of drug-likeness (QED) is 0.618. The highest BCUT2D eigenvalue weighted by molar-refractivity contribution is 9.09. The number of rotatable bonds is 0. The Hall–Kier alpha value is -0.500. The first-order valence-electron chi connectivity index (χ1n) is 4.03. The second kappa shape index (κ2) is 2.49. The predicted octanol–water partition coefficient (Wildman–Crippen LogP) is 3.29. The molecule has 1 aromatic rings. The molecule has 0 saturated heterocycles. The minimum absolute atomic E-state index is 0.121. The molecule has 0 spiro atoms. The van der Waals surface area contributed by atoms with Crippen molar-refractivity contribution in [3.05, 3.63) is 29.8 Å². The van der Waals surface area contributed by atoms with Gasteiger partial charge in [-0.25, -0.2) is 0 Å². The Balaban J connectivity index is 2.49. The monoisotopic (exact) mass is 226 g/mol. The Morgan fingerprint density at radius 3 is 2.67 bits per heavy atom. The van der Waals surface area contributed by atoms with Gasteiger partial charge in [-0.05, 0) is 19.9 Å². The number of halogens is 1. The molecular formula is C10H11BrO. The van der Waals surface area contributed by atoms with Crippen LogP contribution in [0.2, 0.25) is 0 Å². The maximum atomic E-state index is 5.76. The van der Waals surface area contributed by atoms with Gasteiger partial charge >= 0.3 is 0 Å². The van der Waals surface area contributed by atoms with Crippen LogP contribution < -0.4 is 4.74 Å². The molecule has 0 amide bonds. The molecular weight excluding hydrogens is 216 g/mol. The fourth-order valence-electron chi connectivity index (χ4n) is 1.49. The van der Waals surface area contributed by atoms with Crippen LogP contribution in [0, 0.1) is 0 Å². The summed E-state index contributed by atoms with van der Waals surface area (Å²) in [5.41, 5.74) is 1.13. The average molecular weight is 227 g/mol. The van der Waals surface area contributed by atoms with Crippen molar-refractivity contribution in [1.29, 1.82) is 0 Å². The zero-order valence-corrected chi connectivity index (χ0v) is 8.76. The van der Waals surface area contributed by atoms with Crippen molar-refractivity contribution in [2.24, 2.45) is 0 Å². The first-order chi connectivity index (χ1) is 5.61. The lowest BCUT2D eigenvalue weighted by Gasteiger charge is -2.21. The molecule has 1 nitrogen and oxygen atoms in total. The van der Waals surface area contributed by atoms with E-state index in [1.165, 1.54) is 5.56 Å². The summed E-state index contributed by atoms with van der Waals surface area (Å²) in [5, 5.41) is 0. The first kappa shape index (κ1) is 8.11. The van der Waals surface area contributed by atoms with Crippen molar-refractivity contribution in [2.75, 3.05) is 0 Å². The summed E-state index contributed by atoms with van der Waals surface area (Å²) in [5.74, 6) is 1.00. The number of para-hydroxylation sites is 1. The molecule has 2 rings (SSSR count). The number of fused-ring (bicyclic) bond motifs is 1. The van der Waals surface area contributed by atoms with Crippen LogP contribution >= 0.6 is 15.9 Å². The third-order valence-electron chi connectivity index (χ3n) is 2.18. The van der Waals surface area contributed by atoms with Crippen LogP contribution in [0.4, 0.5) is 0 Å². The fraction of sp³-hybridized carbons (Fsp3) is 0.400. The van der Waals surface area contributed by atoms with Gasteiger partial charge in [0.2, 0.25) is 0 Å². The van der Waals surface area contributed by atoms with E-state index in [4.69, 9.17) is 4.74 Å². The van der Waals surface area contributed by atoms with Gasteiger partial charge in [0.25, 0.3) is 0 Å². The molecule has 0 bridgehead atoms. The molecule has 0 aromatic heterocycles. The summed E-state index contributed by atoms with van der Waals surface area (Å²) in [4.78, 5) is 0.307. The van der Waals surface area contributed by atoms with Crippen molar-refractivity contribution in [3.8, 4) is 5.75 Å². The SMILES string of the molecule is CC1(C)Oc2ccccc2C1Br. The highest BCUT2D eigenvalue weighted by atomic mass is 79.9. The van der Waals surface area contributed by atoms with Crippen molar-refractivity contribution < 1.29 is 4.74 Å². The number of benzene rings is 1. The van der Waals surface area contributed by atoms with Crippen molar-refractivity contribution in [3.63, 3.8) is 0 Å². The van der Waals surface area contributed by atoms with Gasteiger partial charge in [0, 0.05) is 5.56 Å². The Labute approximate surface area is 80.9 Å². The second-order valence-corrected chi connectivity index (χ2v) is 4.52. The van der Waals surface area contributed by atoms with E-state index >= 15 is 0 Å². The van der Waals surface area contributed by atoms with Crippen LogP contribution in [-0.4, -0.2) is 5.60 Å². The summed E-state index contributed by atoms with van der Waals surface area (Å²) in [6.07, 6.45) is 0. The van der Waals surface area contributed by atoms with Crippen LogP contribution in [0.15, 0.2) is 24.3 Å². The van der Waals surface area contributed by atoms with Gasteiger partial charge in [-0.1, -0.05) is 34.1 Å². The summed E-state index contributed by atoms with van der Waals surface area (Å²) in [6.45, 7) is 4.18. The number of hydrogen-bond donors (Lipinski definition) is 0. The standard InChI is InChI=1S/C10H11BrO/c1-10(2)9(11)7-5-3-4-6-8(7)12-10/h3-6,9H,1-2H3. The molecule has 0 radical (unpaired) electrons. The van der Waals surface area contributed by atoms with Gasteiger partial charge in [0.15, 0.2) is 0 Å². The number of hydrogen-bond acceptors (Lipinski definition) is 1. The zero-order valence-electron chi connectivity index (χ0n) is 7.17. The fourth-order valence-corrected chi connectivity index (χ4v) is 1.96. The van der Waals surface area contributed by atoms with Gasteiger partial charge in [0.1, 0.15) is 11.4 Å². The van der Waals surface area contributed by atoms with Gasteiger partial charge in [0.05, 0.1) is 4.83 Å². The normalized spacial score (nSPS) is 24.8. The van der Waals surface area contributed by atoms with E-state index in [1.54, 1.807) is 0 Å². The third-order valence-corrected chi connectivity index (χ3v) is 3.77. The van der Waals surface area contributed by atoms with Gasteiger partial charge < -0.3 is 4.74 Å². The molecule has 2 heteroatoms.